The van der Waals surface area contributed by atoms with Crippen LogP contribution in [0.5, 0.6) is 0 Å². The number of nitrogens with zero attached hydrogens (tertiary/aromatic N) is 2. The van der Waals surface area contributed by atoms with E-state index in [1.54, 1.807) is 4.31 Å². The van der Waals surface area contributed by atoms with Gasteiger partial charge in [-0.1, -0.05) is 6.07 Å². The van der Waals surface area contributed by atoms with Crippen LogP contribution in [0.4, 0.5) is 0 Å². The van der Waals surface area contributed by atoms with Gasteiger partial charge in [0.25, 0.3) is 0 Å². The Morgan fingerprint density at radius 3 is 2.63 bits per heavy atom. The molecule has 0 atom stereocenters. The van der Waals surface area contributed by atoms with Crippen LogP contribution in [0.15, 0.2) is 18.2 Å². The van der Waals surface area contributed by atoms with Crippen LogP contribution in [-0.2, 0) is 16.6 Å². The molecule has 0 saturated carbocycles. The van der Waals surface area contributed by atoms with Crippen LogP contribution in [0.2, 0.25) is 0 Å². The van der Waals surface area contributed by atoms with Crippen LogP contribution in [-0.4, -0.2) is 43.1 Å². The van der Waals surface area contributed by atoms with Crippen molar-refractivity contribution >= 4 is 10.0 Å². The van der Waals surface area contributed by atoms with Crippen molar-refractivity contribution in [2.24, 2.45) is 0 Å². The Hall–Kier alpha value is -0.980. The third-order valence-electron chi connectivity index (χ3n) is 3.44. The summed E-state index contributed by atoms with van der Waals surface area (Å²) in [7, 11) is -3.03. The zero-order chi connectivity index (χ0) is 13.9. The number of sulfonamides is 1. The van der Waals surface area contributed by atoms with E-state index < -0.39 is 10.0 Å². The second-order valence-electron chi connectivity index (χ2n) is 5.09. The summed E-state index contributed by atoms with van der Waals surface area (Å²) in [6.45, 7) is 3.94. The highest BCUT2D eigenvalue weighted by Gasteiger charge is 2.24. The number of aromatic nitrogens is 1. The largest absolute Gasteiger partial charge is 0.308 e. The summed E-state index contributed by atoms with van der Waals surface area (Å²) in [6, 6.07) is 6.37. The van der Waals surface area contributed by atoms with Crippen LogP contribution in [0.1, 0.15) is 24.2 Å². The molecular formula is C13H21N3O2S. The Morgan fingerprint density at radius 1 is 1.37 bits per heavy atom. The van der Waals surface area contributed by atoms with E-state index in [0.29, 0.717) is 19.1 Å². The minimum atomic E-state index is -3.03. The first kappa shape index (κ1) is 14.4. The van der Waals surface area contributed by atoms with Gasteiger partial charge in [0.1, 0.15) is 0 Å². The van der Waals surface area contributed by atoms with E-state index in [2.05, 4.69) is 10.3 Å². The summed E-state index contributed by atoms with van der Waals surface area (Å²) in [4.78, 5) is 4.44. The Kier molecular flexibility index (Phi) is 4.54. The first-order valence-electron chi connectivity index (χ1n) is 6.56. The van der Waals surface area contributed by atoms with Gasteiger partial charge in [-0.05, 0) is 31.9 Å². The van der Waals surface area contributed by atoms with E-state index in [1.165, 1.54) is 6.26 Å². The fourth-order valence-corrected chi connectivity index (χ4v) is 3.21. The van der Waals surface area contributed by atoms with Crippen LogP contribution in [0, 0.1) is 6.92 Å². The average molecular weight is 283 g/mol. The zero-order valence-electron chi connectivity index (χ0n) is 11.5. The lowest BCUT2D eigenvalue weighted by Crippen LogP contribution is -2.44. The molecule has 5 nitrogen and oxygen atoms in total. The maximum Gasteiger partial charge on any atom is 0.211 e. The summed E-state index contributed by atoms with van der Waals surface area (Å²) in [5, 5.41) is 3.45. The monoisotopic (exact) mass is 283 g/mol. The van der Waals surface area contributed by atoms with Gasteiger partial charge in [0, 0.05) is 31.4 Å². The molecule has 1 aliphatic heterocycles. The van der Waals surface area contributed by atoms with Crippen LogP contribution >= 0.6 is 0 Å². The molecule has 0 aliphatic carbocycles. The van der Waals surface area contributed by atoms with Gasteiger partial charge in [-0.15, -0.1) is 0 Å². The number of pyridine rings is 1. The second kappa shape index (κ2) is 5.98. The maximum absolute atomic E-state index is 11.4. The van der Waals surface area contributed by atoms with Crippen molar-refractivity contribution in [1.82, 2.24) is 14.6 Å². The second-order valence-corrected chi connectivity index (χ2v) is 7.07. The Labute approximate surface area is 115 Å². The molecule has 1 aromatic heterocycles. The van der Waals surface area contributed by atoms with Gasteiger partial charge >= 0.3 is 0 Å². The summed E-state index contributed by atoms with van der Waals surface area (Å²) >= 11 is 0. The molecule has 0 aromatic carbocycles. The summed E-state index contributed by atoms with van der Waals surface area (Å²) in [5.74, 6) is 0. The lowest BCUT2D eigenvalue weighted by molar-refractivity contribution is 0.289. The number of hydrogen-bond donors (Lipinski definition) is 1. The van der Waals surface area contributed by atoms with Crippen molar-refractivity contribution in [3.05, 3.63) is 29.6 Å². The van der Waals surface area contributed by atoms with E-state index in [9.17, 15) is 8.42 Å². The highest BCUT2D eigenvalue weighted by Crippen LogP contribution is 2.13. The van der Waals surface area contributed by atoms with E-state index >= 15 is 0 Å². The summed E-state index contributed by atoms with van der Waals surface area (Å²) in [5.41, 5.74) is 2.05. The third kappa shape index (κ3) is 4.26. The van der Waals surface area contributed by atoms with Gasteiger partial charge in [-0.3, -0.25) is 4.98 Å². The quantitative estimate of drug-likeness (QED) is 0.892. The minimum absolute atomic E-state index is 0.375. The Morgan fingerprint density at radius 2 is 2.05 bits per heavy atom. The standard InChI is InChI=1S/C13H21N3O2S/c1-11-4-3-5-13(15-11)10-14-12-6-8-16(9-7-12)19(2,17)18/h3-5,12,14H,6-10H2,1-2H3. The number of hydrogen-bond acceptors (Lipinski definition) is 4. The fraction of sp³-hybridized carbons (Fsp3) is 0.615. The van der Waals surface area contributed by atoms with Gasteiger partial charge in [-0.2, -0.15) is 0 Å². The molecule has 0 amide bonds. The van der Waals surface area contributed by atoms with E-state index in [-0.39, 0.29) is 0 Å². The molecular weight excluding hydrogens is 262 g/mol. The minimum Gasteiger partial charge on any atom is -0.308 e. The van der Waals surface area contributed by atoms with E-state index in [0.717, 1.165) is 30.8 Å². The summed E-state index contributed by atoms with van der Waals surface area (Å²) < 4.78 is 24.4. The number of piperidine rings is 1. The smallest absolute Gasteiger partial charge is 0.211 e. The topological polar surface area (TPSA) is 62.3 Å². The van der Waals surface area contributed by atoms with Crippen molar-refractivity contribution in [2.75, 3.05) is 19.3 Å². The molecule has 1 aliphatic rings. The molecule has 6 heteroatoms. The SMILES string of the molecule is Cc1cccc(CNC2CCN(S(C)(=O)=O)CC2)n1. The van der Waals surface area contributed by atoms with Crippen LogP contribution in [0.3, 0.4) is 0 Å². The van der Waals surface area contributed by atoms with Crippen molar-refractivity contribution in [1.29, 1.82) is 0 Å². The fourth-order valence-electron chi connectivity index (χ4n) is 2.34. The van der Waals surface area contributed by atoms with Gasteiger partial charge in [0.15, 0.2) is 0 Å². The number of rotatable bonds is 4. The molecule has 0 radical (unpaired) electrons. The van der Waals surface area contributed by atoms with Gasteiger partial charge < -0.3 is 5.32 Å². The Balaban J connectivity index is 1.80. The van der Waals surface area contributed by atoms with E-state index in [4.69, 9.17) is 0 Å². The lowest BCUT2D eigenvalue weighted by Gasteiger charge is -2.30. The van der Waals surface area contributed by atoms with Gasteiger partial charge in [-0.25, -0.2) is 12.7 Å². The highest BCUT2D eigenvalue weighted by molar-refractivity contribution is 7.88. The lowest BCUT2D eigenvalue weighted by atomic mass is 10.1. The van der Waals surface area contributed by atoms with Gasteiger partial charge in [0.2, 0.25) is 10.0 Å². The van der Waals surface area contributed by atoms with Crippen molar-refractivity contribution in [2.45, 2.75) is 32.4 Å². The molecule has 0 spiro atoms. The van der Waals surface area contributed by atoms with Gasteiger partial charge in [0.05, 0.1) is 11.9 Å². The normalized spacial score (nSPS) is 18.6. The zero-order valence-corrected chi connectivity index (χ0v) is 12.3. The van der Waals surface area contributed by atoms with Crippen LogP contribution < -0.4 is 5.32 Å². The van der Waals surface area contributed by atoms with Crippen molar-refractivity contribution in [3.63, 3.8) is 0 Å². The molecule has 19 heavy (non-hydrogen) atoms. The molecule has 0 unspecified atom stereocenters. The molecule has 2 heterocycles. The Bertz CT molecular complexity index is 522. The molecule has 1 N–H and O–H groups in total. The first-order valence-corrected chi connectivity index (χ1v) is 8.41. The molecule has 0 bridgehead atoms. The van der Waals surface area contributed by atoms with E-state index in [1.807, 2.05) is 25.1 Å². The maximum atomic E-state index is 11.4. The molecule has 106 valence electrons. The predicted octanol–water partition coefficient (Wildman–Crippen LogP) is 0.904. The van der Waals surface area contributed by atoms with Crippen molar-refractivity contribution in [3.8, 4) is 0 Å². The first-order chi connectivity index (χ1) is 8.95. The molecule has 2 rings (SSSR count). The third-order valence-corrected chi connectivity index (χ3v) is 4.74. The number of aryl methyl sites for hydroxylation is 1. The number of nitrogens with one attached hydrogen (secondary N) is 1. The van der Waals surface area contributed by atoms with Crippen LogP contribution in [0.25, 0.3) is 0 Å². The molecule has 1 aromatic rings. The molecule has 1 fully saturated rings. The van der Waals surface area contributed by atoms with Crippen molar-refractivity contribution < 1.29 is 8.42 Å². The summed E-state index contributed by atoms with van der Waals surface area (Å²) in [6.07, 6.45) is 3.00. The highest BCUT2D eigenvalue weighted by atomic mass is 32.2. The predicted molar refractivity (Wildman–Crippen MR) is 75.3 cm³/mol. The average Bonchev–Trinajstić information content (AvgIpc) is 2.36. The molecule has 1 saturated heterocycles.